The molecule has 0 aliphatic carbocycles. The van der Waals surface area contributed by atoms with Crippen LogP contribution in [0.15, 0.2) is 10.5 Å². The third kappa shape index (κ3) is 8.33. The summed E-state index contributed by atoms with van der Waals surface area (Å²) in [6.07, 6.45) is 3.17. The maximum Gasteiger partial charge on any atom is 0.315 e. The van der Waals surface area contributed by atoms with Crippen molar-refractivity contribution in [2.24, 2.45) is 0 Å². The summed E-state index contributed by atoms with van der Waals surface area (Å²) in [6, 6.07) is 2.38. The Hall–Kier alpha value is -1.64. The van der Waals surface area contributed by atoms with Crippen molar-refractivity contribution < 1.29 is 4.42 Å². The molecule has 0 saturated heterocycles. The van der Waals surface area contributed by atoms with Gasteiger partial charge in [0.25, 0.3) is 0 Å². The van der Waals surface area contributed by atoms with Gasteiger partial charge in [0.05, 0.1) is 6.54 Å². The summed E-state index contributed by atoms with van der Waals surface area (Å²) in [5.74, 6) is 2.32. The van der Waals surface area contributed by atoms with Crippen molar-refractivity contribution >= 4 is 36.6 Å². The Morgan fingerprint density at radius 3 is 2.56 bits per heavy atom. The smallest absolute Gasteiger partial charge is 0.315 e. The predicted octanol–water partition coefficient (Wildman–Crippen LogP) is 2.60. The van der Waals surface area contributed by atoms with Crippen LogP contribution in [-0.2, 0) is 13.0 Å². The quantitative estimate of drug-likeness (QED) is 0.531. The van der Waals surface area contributed by atoms with E-state index in [4.69, 9.17) is 4.42 Å². The van der Waals surface area contributed by atoms with E-state index in [0.717, 1.165) is 36.6 Å². The largest absolute Gasteiger partial charge is 0.407 e. The van der Waals surface area contributed by atoms with Crippen LogP contribution in [0, 0.1) is 6.92 Å². The highest BCUT2D eigenvalue weighted by Crippen LogP contribution is 2.08. The molecule has 142 valence electrons. The minimum Gasteiger partial charge on any atom is -0.407 e. The first-order valence-electron chi connectivity index (χ1n) is 8.00. The summed E-state index contributed by atoms with van der Waals surface area (Å²) in [6.45, 7) is 6.08. The monoisotopic (exact) mass is 391 g/mol. The summed E-state index contributed by atoms with van der Waals surface area (Å²) < 4.78 is 5.41. The van der Waals surface area contributed by atoms with Crippen LogP contribution >= 0.6 is 24.8 Å². The number of nitrogens with zero attached hydrogens (tertiary/aromatic N) is 4. The average molecular weight is 392 g/mol. The van der Waals surface area contributed by atoms with Crippen molar-refractivity contribution in [3.8, 4) is 0 Å². The van der Waals surface area contributed by atoms with Crippen LogP contribution in [0.2, 0.25) is 0 Å². The van der Waals surface area contributed by atoms with Crippen LogP contribution in [0.3, 0.4) is 0 Å². The third-order valence-electron chi connectivity index (χ3n) is 3.16. The molecule has 0 atom stereocenters. The molecule has 2 aromatic rings. The Labute approximate surface area is 160 Å². The second-order valence-corrected chi connectivity index (χ2v) is 5.30. The van der Waals surface area contributed by atoms with E-state index in [1.54, 1.807) is 0 Å². The molecular weight excluding hydrogens is 365 g/mol. The summed E-state index contributed by atoms with van der Waals surface area (Å²) in [5, 5.41) is 17.2. The van der Waals surface area contributed by atoms with Gasteiger partial charge in [-0.1, -0.05) is 18.4 Å². The maximum atomic E-state index is 5.41. The molecule has 2 rings (SSSR count). The van der Waals surface area contributed by atoms with Crippen LogP contribution < -0.4 is 16.0 Å². The van der Waals surface area contributed by atoms with Crippen molar-refractivity contribution in [2.75, 3.05) is 30.8 Å². The molecule has 3 N–H and O–H groups in total. The Morgan fingerprint density at radius 1 is 1.08 bits per heavy atom. The number of hydrogen-bond acceptors (Lipinski definition) is 8. The lowest BCUT2D eigenvalue weighted by atomic mass is 10.2. The summed E-state index contributed by atoms with van der Waals surface area (Å²) in [4.78, 5) is 9.00. The van der Waals surface area contributed by atoms with E-state index in [9.17, 15) is 0 Å². The fourth-order valence-corrected chi connectivity index (χ4v) is 2.07. The van der Waals surface area contributed by atoms with E-state index in [-0.39, 0.29) is 24.8 Å². The fourth-order valence-electron chi connectivity index (χ4n) is 2.07. The number of unbranched alkanes of at least 4 members (excludes halogenated alkanes) is 1. The highest BCUT2D eigenvalue weighted by molar-refractivity contribution is 5.85. The van der Waals surface area contributed by atoms with E-state index in [2.05, 4.69) is 43.0 Å². The van der Waals surface area contributed by atoms with Crippen LogP contribution in [0.1, 0.15) is 37.2 Å². The zero-order valence-electron chi connectivity index (χ0n) is 14.8. The summed E-state index contributed by atoms with van der Waals surface area (Å²) >= 11 is 0. The normalized spacial score (nSPS) is 9.88. The van der Waals surface area contributed by atoms with Crippen LogP contribution in [0.5, 0.6) is 0 Å². The van der Waals surface area contributed by atoms with Crippen LogP contribution in [0.4, 0.5) is 11.8 Å². The molecule has 0 amide bonds. The second-order valence-electron chi connectivity index (χ2n) is 5.30. The van der Waals surface area contributed by atoms with Crippen molar-refractivity contribution in [1.29, 1.82) is 0 Å². The molecule has 8 nitrogen and oxygen atoms in total. The number of nitrogens with one attached hydrogen (secondary N) is 3. The predicted molar refractivity (Wildman–Crippen MR) is 104 cm³/mol. The van der Waals surface area contributed by atoms with Gasteiger partial charge in [0.1, 0.15) is 11.6 Å². The SMILES string of the molecule is CCCCc1nc(C)cc(NCCNc2nnc(CNC)o2)n1.Cl.Cl. The lowest BCUT2D eigenvalue weighted by Gasteiger charge is -2.08. The van der Waals surface area contributed by atoms with E-state index in [1.807, 2.05) is 20.0 Å². The van der Waals surface area contributed by atoms with E-state index in [1.165, 1.54) is 0 Å². The lowest BCUT2D eigenvalue weighted by Crippen LogP contribution is -2.15. The van der Waals surface area contributed by atoms with Crippen molar-refractivity contribution in [1.82, 2.24) is 25.5 Å². The third-order valence-corrected chi connectivity index (χ3v) is 3.16. The van der Waals surface area contributed by atoms with E-state index in [0.29, 0.717) is 31.5 Å². The van der Waals surface area contributed by atoms with Crippen molar-refractivity contribution in [2.45, 2.75) is 39.7 Å². The highest BCUT2D eigenvalue weighted by atomic mass is 35.5. The number of hydrogen-bond donors (Lipinski definition) is 3. The Balaban J connectivity index is 0.00000288. The molecule has 2 aromatic heterocycles. The molecule has 0 aliphatic rings. The van der Waals surface area contributed by atoms with E-state index < -0.39 is 0 Å². The summed E-state index contributed by atoms with van der Waals surface area (Å²) in [5.41, 5.74) is 0.982. The van der Waals surface area contributed by atoms with Gasteiger partial charge in [-0.25, -0.2) is 9.97 Å². The van der Waals surface area contributed by atoms with Gasteiger partial charge in [0.15, 0.2) is 0 Å². The van der Waals surface area contributed by atoms with Gasteiger partial charge in [0.2, 0.25) is 5.89 Å². The van der Waals surface area contributed by atoms with E-state index >= 15 is 0 Å². The Kier molecular flexibility index (Phi) is 11.9. The average Bonchev–Trinajstić information content (AvgIpc) is 2.97. The zero-order chi connectivity index (χ0) is 16.5. The number of rotatable bonds is 10. The van der Waals surface area contributed by atoms with Gasteiger partial charge in [-0.2, -0.15) is 0 Å². The molecule has 0 saturated carbocycles. The van der Waals surface area contributed by atoms with Crippen LogP contribution in [-0.4, -0.2) is 40.3 Å². The van der Waals surface area contributed by atoms with Crippen molar-refractivity contribution in [3.05, 3.63) is 23.5 Å². The number of halogens is 2. The fraction of sp³-hybridized carbons (Fsp3) is 0.600. The van der Waals surface area contributed by atoms with Gasteiger partial charge in [-0.15, -0.1) is 29.9 Å². The van der Waals surface area contributed by atoms with Gasteiger partial charge in [-0.3, -0.25) is 0 Å². The lowest BCUT2D eigenvalue weighted by molar-refractivity contribution is 0.490. The molecule has 0 spiro atoms. The molecule has 0 unspecified atom stereocenters. The minimum atomic E-state index is 0. The van der Waals surface area contributed by atoms with Crippen molar-refractivity contribution in [3.63, 3.8) is 0 Å². The number of aromatic nitrogens is 4. The van der Waals surface area contributed by atoms with Crippen LogP contribution in [0.25, 0.3) is 0 Å². The van der Waals surface area contributed by atoms with Gasteiger partial charge in [-0.05, 0) is 20.4 Å². The molecule has 0 bridgehead atoms. The Bertz CT molecular complexity index is 609. The maximum absolute atomic E-state index is 5.41. The molecule has 2 heterocycles. The summed E-state index contributed by atoms with van der Waals surface area (Å²) in [7, 11) is 1.83. The number of aryl methyl sites for hydroxylation is 2. The molecule has 0 aromatic carbocycles. The molecule has 10 heteroatoms. The number of anilines is 2. The first kappa shape index (κ1) is 23.4. The first-order chi connectivity index (χ1) is 11.2. The topological polar surface area (TPSA) is 101 Å². The zero-order valence-corrected chi connectivity index (χ0v) is 16.5. The standard InChI is InChI=1S/C15H25N7O.2ClH/c1-4-5-6-12-19-11(2)9-13(20-12)17-7-8-18-15-22-21-14(23-15)10-16-3;;/h9,16H,4-8,10H2,1-3H3,(H,18,22)(H,17,19,20);2*1H. The molecule has 0 fully saturated rings. The molecule has 0 aliphatic heterocycles. The molecular formula is C15H27Cl2N7O. The van der Waals surface area contributed by atoms with Gasteiger partial charge >= 0.3 is 6.01 Å². The molecule has 0 radical (unpaired) electrons. The second kappa shape index (κ2) is 12.7. The van der Waals surface area contributed by atoms with Gasteiger partial charge in [0, 0.05) is 31.3 Å². The van der Waals surface area contributed by atoms with Gasteiger partial charge < -0.3 is 20.4 Å². The Morgan fingerprint density at radius 2 is 1.84 bits per heavy atom. The first-order valence-corrected chi connectivity index (χ1v) is 8.00. The molecule has 25 heavy (non-hydrogen) atoms. The highest BCUT2D eigenvalue weighted by Gasteiger charge is 2.05. The minimum absolute atomic E-state index is 0.